The van der Waals surface area contributed by atoms with Crippen LogP contribution in [-0.4, -0.2) is 48.0 Å². The summed E-state index contributed by atoms with van der Waals surface area (Å²) in [4.78, 5) is 16.7. The van der Waals surface area contributed by atoms with Gasteiger partial charge in [0.05, 0.1) is 0 Å². The van der Waals surface area contributed by atoms with Crippen LogP contribution in [0, 0.1) is 18.6 Å². The van der Waals surface area contributed by atoms with Crippen LogP contribution in [0.3, 0.4) is 0 Å². The highest BCUT2D eigenvalue weighted by Gasteiger charge is 2.26. The highest BCUT2D eigenvalue weighted by atomic mass is 19.2. The van der Waals surface area contributed by atoms with Crippen LogP contribution in [0.4, 0.5) is 8.78 Å². The number of rotatable bonds is 5. The largest absolute Gasteiger partial charge is 0.481 e. The number of aryl methyl sites for hydroxylation is 1. The van der Waals surface area contributed by atoms with Gasteiger partial charge in [0, 0.05) is 38.8 Å². The Labute approximate surface area is 158 Å². The van der Waals surface area contributed by atoms with Gasteiger partial charge in [-0.2, -0.15) is 0 Å². The van der Waals surface area contributed by atoms with Crippen molar-refractivity contribution in [3.8, 4) is 5.75 Å². The minimum absolute atomic E-state index is 0.144. The zero-order chi connectivity index (χ0) is 19.4. The minimum atomic E-state index is -0.989. The molecule has 1 amide bonds. The molecule has 3 rings (SSSR count). The van der Waals surface area contributed by atoms with Crippen LogP contribution in [0.5, 0.6) is 5.75 Å². The van der Waals surface area contributed by atoms with Crippen molar-refractivity contribution >= 4 is 5.91 Å². The maximum absolute atomic E-state index is 13.3. The summed E-state index contributed by atoms with van der Waals surface area (Å²) in [7, 11) is 0. The van der Waals surface area contributed by atoms with Crippen molar-refractivity contribution in [2.75, 3.05) is 26.2 Å². The first-order valence-corrected chi connectivity index (χ1v) is 9.11. The van der Waals surface area contributed by atoms with Crippen molar-refractivity contribution in [1.29, 1.82) is 0 Å². The van der Waals surface area contributed by atoms with E-state index < -0.39 is 17.7 Å². The molecule has 0 aromatic heterocycles. The lowest BCUT2D eigenvalue weighted by Gasteiger charge is -2.36. The molecule has 0 bridgehead atoms. The first-order valence-electron chi connectivity index (χ1n) is 9.11. The fraction of sp³-hybridized carbons (Fsp3) is 0.381. The van der Waals surface area contributed by atoms with Gasteiger partial charge in [-0.15, -0.1) is 0 Å². The van der Waals surface area contributed by atoms with E-state index in [1.54, 1.807) is 11.8 Å². The third-order valence-electron chi connectivity index (χ3n) is 4.72. The molecule has 1 aliphatic rings. The van der Waals surface area contributed by atoms with Crippen LogP contribution < -0.4 is 4.74 Å². The van der Waals surface area contributed by atoms with Crippen LogP contribution in [0.15, 0.2) is 42.5 Å². The molecule has 1 aliphatic heterocycles. The second kappa shape index (κ2) is 8.48. The van der Waals surface area contributed by atoms with E-state index in [1.807, 2.05) is 0 Å². The van der Waals surface area contributed by atoms with Crippen LogP contribution in [0.1, 0.15) is 18.1 Å². The van der Waals surface area contributed by atoms with Crippen LogP contribution in [0.25, 0.3) is 0 Å². The number of amides is 1. The zero-order valence-electron chi connectivity index (χ0n) is 15.6. The zero-order valence-corrected chi connectivity index (χ0v) is 15.6. The van der Waals surface area contributed by atoms with E-state index in [1.165, 1.54) is 17.2 Å². The monoisotopic (exact) mass is 374 g/mol. The molecule has 0 aliphatic carbocycles. The Hall–Kier alpha value is -2.47. The van der Waals surface area contributed by atoms with Crippen molar-refractivity contribution in [3.63, 3.8) is 0 Å². The lowest BCUT2D eigenvalue weighted by atomic mass is 10.1. The average molecular weight is 374 g/mol. The molecule has 4 nitrogen and oxygen atoms in total. The summed E-state index contributed by atoms with van der Waals surface area (Å²) in [6.45, 7) is 7.39. The van der Waals surface area contributed by atoms with Crippen molar-refractivity contribution in [3.05, 3.63) is 65.2 Å². The second-order valence-electron chi connectivity index (χ2n) is 6.93. The summed E-state index contributed by atoms with van der Waals surface area (Å²) in [6.07, 6.45) is -0.752. The Bertz CT molecular complexity index is 805. The summed E-state index contributed by atoms with van der Waals surface area (Å²) in [5, 5.41) is 0. The van der Waals surface area contributed by atoms with Gasteiger partial charge in [-0.05, 0) is 31.5 Å². The normalized spacial score (nSPS) is 16.2. The van der Waals surface area contributed by atoms with Gasteiger partial charge in [0.2, 0.25) is 0 Å². The number of ether oxygens (including phenoxy) is 1. The van der Waals surface area contributed by atoms with E-state index in [-0.39, 0.29) is 11.7 Å². The van der Waals surface area contributed by atoms with Gasteiger partial charge in [-0.1, -0.05) is 29.8 Å². The van der Waals surface area contributed by atoms with E-state index in [0.29, 0.717) is 13.1 Å². The first-order chi connectivity index (χ1) is 12.9. The standard InChI is InChI=1S/C21H24F2N2O2/c1-15-4-3-5-17(12-15)14-24-8-10-25(11-9-24)21(26)16(2)27-18-6-7-19(22)20(23)13-18/h3-7,12-13,16H,8-11,14H2,1-2H3. The van der Waals surface area contributed by atoms with Gasteiger partial charge >= 0.3 is 0 Å². The number of benzene rings is 2. The summed E-state index contributed by atoms with van der Waals surface area (Å²) >= 11 is 0. The molecule has 1 unspecified atom stereocenters. The molecule has 1 heterocycles. The smallest absolute Gasteiger partial charge is 0.263 e. The van der Waals surface area contributed by atoms with E-state index in [2.05, 4.69) is 36.1 Å². The van der Waals surface area contributed by atoms with Gasteiger partial charge in [0.15, 0.2) is 17.7 Å². The fourth-order valence-corrected chi connectivity index (χ4v) is 3.26. The molecular weight excluding hydrogens is 350 g/mol. The molecule has 6 heteroatoms. The maximum atomic E-state index is 13.3. The van der Waals surface area contributed by atoms with Crippen LogP contribution in [0.2, 0.25) is 0 Å². The average Bonchev–Trinajstić information content (AvgIpc) is 2.65. The number of hydrogen-bond donors (Lipinski definition) is 0. The molecule has 0 saturated carbocycles. The molecule has 2 aromatic carbocycles. The van der Waals surface area contributed by atoms with Gasteiger partial charge in [0.25, 0.3) is 5.91 Å². The number of nitrogens with zero attached hydrogens (tertiary/aromatic N) is 2. The van der Waals surface area contributed by atoms with Gasteiger partial charge < -0.3 is 9.64 Å². The molecule has 0 N–H and O–H groups in total. The Kier molecular flexibility index (Phi) is 6.06. The molecule has 0 radical (unpaired) electrons. The molecule has 0 spiro atoms. The molecule has 1 fully saturated rings. The Balaban J connectivity index is 1.50. The number of hydrogen-bond acceptors (Lipinski definition) is 3. The molecule has 144 valence electrons. The molecule has 1 atom stereocenters. The topological polar surface area (TPSA) is 32.8 Å². The lowest BCUT2D eigenvalue weighted by Crippen LogP contribution is -2.51. The van der Waals surface area contributed by atoms with Gasteiger partial charge in [-0.25, -0.2) is 8.78 Å². The molecule has 2 aromatic rings. The van der Waals surface area contributed by atoms with Crippen LogP contribution in [-0.2, 0) is 11.3 Å². The highest BCUT2D eigenvalue weighted by molar-refractivity contribution is 5.81. The van der Waals surface area contributed by atoms with Crippen molar-refractivity contribution in [2.24, 2.45) is 0 Å². The summed E-state index contributed by atoms with van der Waals surface area (Å²) in [6, 6.07) is 11.7. The van der Waals surface area contributed by atoms with Crippen LogP contribution >= 0.6 is 0 Å². The first kappa shape index (κ1) is 19.3. The second-order valence-corrected chi connectivity index (χ2v) is 6.93. The Morgan fingerprint density at radius 1 is 1.07 bits per heavy atom. The van der Waals surface area contributed by atoms with E-state index >= 15 is 0 Å². The van der Waals surface area contributed by atoms with Gasteiger partial charge in [0.1, 0.15) is 5.75 Å². The molecular formula is C21H24F2N2O2. The summed E-state index contributed by atoms with van der Waals surface area (Å²) < 4.78 is 31.8. The van der Waals surface area contributed by atoms with Crippen molar-refractivity contribution < 1.29 is 18.3 Å². The van der Waals surface area contributed by atoms with E-state index in [4.69, 9.17) is 4.74 Å². The number of carbonyl (C=O) groups is 1. The Morgan fingerprint density at radius 3 is 2.48 bits per heavy atom. The van der Waals surface area contributed by atoms with E-state index in [9.17, 15) is 13.6 Å². The Morgan fingerprint density at radius 2 is 1.81 bits per heavy atom. The predicted molar refractivity (Wildman–Crippen MR) is 99.5 cm³/mol. The number of piperazine rings is 1. The third kappa shape index (κ3) is 5.04. The minimum Gasteiger partial charge on any atom is -0.481 e. The lowest BCUT2D eigenvalue weighted by molar-refractivity contribution is -0.139. The van der Waals surface area contributed by atoms with Gasteiger partial charge in [-0.3, -0.25) is 9.69 Å². The van der Waals surface area contributed by atoms with Crippen molar-refractivity contribution in [1.82, 2.24) is 9.80 Å². The SMILES string of the molecule is Cc1cccc(CN2CCN(C(=O)C(C)Oc3ccc(F)c(F)c3)CC2)c1. The predicted octanol–water partition coefficient (Wildman–Crippen LogP) is 3.38. The third-order valence-corrected chi connectivity index (χ3v) is 4.72. The number of halogens is 2. The number of carbonyl (C=O) groups excluding carboxylic acids is 1. The summed E-state index contributed by atoms with van der Waals surface area (Å²) in [5.74, 6) is -1.93. The van der Waals surface area contributed by atoms with E-state index in [0.717, 1.165) is 31.8 Å². The highest BCUT2D eigenvalue weighted by Crippen LogP contribution is 2.18. The molecule has 1 saturated heterocycles. The fourth-order valence-electron chi connectivity index (χ4n) is 3.26. The maximum Gasteiger partial charge on any atom is 0.263 e. The van der Waals surface area contributed by atoms with Crippen molar-refractivity contribution in [2.45, 2.75) is 26.5 Å². The quantitative estimate of drug-likeness (QED) is 0.804. The summed E-state index contributed by atoms with van der Waals surface area (Å²) in [5.41, 5.74) is 2.51. The molecule has 27 heavy (non-hydrogen) atoms.